The highest BCUT2D eigenvalue weighted by Crippen LogP contribution is 2.29. The Bertz CT molecular complexity index is 1170. The highest BCUT2D eigenvalue weighted by Gasteiger charge is 2.14. The number of aromatic nitrogens is 1. The fourth-order valence-corrected chi connectivity index (χ4v) is 4.10. The molecule has 0 bridgehead atoms. The smallest absolute Gasteiger partial charge is 0.305 e. The van der Waals surface area contributed by atoms with Gasteiger partial charge in [-0.3, -0.25) is 14.6 Å². The molecule has 0 aliphatic heterocycles. The molecule has 36 heavy (non-hydrogen) atoms. The number of carbonyl (C=O) groups is 2. The summed E-state index contributed by atoms with van der Waals surface area (Å²) in [5.41, 5.74) is 2.85. The minimum Gasteiger partial charge on any atom is -0.490 e. The first kappa shape index (κ1) is 27.3. The van der Waals surface area contributed by atoms with Gasteiger partial charge >= 0.3 is 5.97 Å². The van der Waals surface area contributed by atoms with E-state index in [4.69, 9.17) is 33.0 Å². The molecule has 9 heteroatoms. The second-order valence-corrected chi connectivity index (χ2v) is 9.61. The first-order valence-electron chi connectivity index (χ1n) is 11.6. The van der Waals surface area contributed by atoms with E-state index in [1.54, 1.807) is 30.5 Å². The van der Waals surface area contributed by atoms with Crippen molar-refractivity contribution in [3.05, 3.63) is 76.4 Å². The minimum absolute atomic E-state index is 0.0330. The van der Waals surface area contributed by atoms with Gasteiger partial charge in [-0.05, 0) is 66.9 Å². The molecule has 1 unspecified atom stereocenters. The number of amides is 1. The number of hydrogen-bond acceptors (Lipinski definition) is 5. The second-order valence-electron chi connectivity index (χ2n) is 8.76. The van der Waals surface area contributed by atoms with Gasteiger partial charge in [0.25, 0.3) is 5.91 Å². The number of anilines is 1. The number of carbonyl (C=O) groups excluding carboxylic acids is 1. The first-order chi connectivity index (χ1) is 17.2. The van der Waals surface area contributed by atoms with E-state index in [9.17, 15) is 9.59 Å². The molecule has 2 aromatic carbocycles. The summed E-state index contributed by atoms with van der Waals surface area (Å²) >= 11 is 12.3. The predicted octanol–water partition coefficient (Wildman–Crippen LogP) is 6.17. The van der Waals surface area contributed by atoms with Gasteiger partial charge in [-0.15, -0.1) is 0 Å². The van der Waals surface area contributed by atoms with Crippen molar-refractivity contribution in [3.8, 4) is 17.0 Å². The zero-order valence-electron chi connectivity index (χ0n) is 20.1. The fraction of sp³-hybridized carbons (Fsp3) is 0.296. The maximum Gasteiger partial charge on any atom is 0.305 e. The van der Waals surface area contributed by atoms with Gasteiger partial charge in [-0.25, -0.2) is 0 Å². The van der Waals surface area contributed by atoms with Crippen molar-refractivity contribution >= 4 is 40.8 Å². The van der Waals surface area contributed by atoms with Crippen molar-refractivity contribution in [2.75, 3.05) is 18.5 Å². The van der Waals surface area contributed by atoms with Gasteiger partial charge in [0, 0.05) is 28.4 Å². The number of pyridine rings is 1. The van der Waals surface area contributed by atoms with Crippen LogP contribution in [-0.4, -0.2) is 41.2 Å². The van der Waals surface area contributed by atoms with Crippen molar-refractivity contribution < 1.29 is 19.4 Å². The van der Waals surface area contributed by atoms with Gasteiger partial charge in [-0.1, -0.05) is 37.0 Å². The van der Waals surface area contributed by atoms with Crippen LogP contribution in [0, 0.1) is 5.92 Å². The van der Waals surface area contributed by atoms with E-state index in [0.29, 0.717) is 33.9 Å². The van der Waals surface area contributed by atoms with Crippen molar-refractivity contribution in [2.24, 2.45) is 5.92 Å². The van der Waals surface area contributed by atoms with E-state index in [1.165, 1.54) is 0 Å². The third kappa shape index (κ3) is 8.43. The Morgan fingerprint density at radius 2 is 1.81 bits per heavy atom. The summed E-state index contributed by atoms with van der Waals surface area (Å²) in [5.74, 6) is -0.169. The molecule has 1 amide bonds. The van der Waals surface area contributed by atoms with E-state index >= 15 is 0 Å². The third-order valence-corrected chi connectivity index (χ3v) is 5.84. The standard InChI is InChI=1S/C27H29Cl2N3O4/c1-17(2)13-21(32-20-6-3-18(4-7-20)27(35)30-12-11-26(33)34)16-36-22-8-10-25(31-15-22)23-9-5-19(28)14-24(23)29/h3-10,14-15,17,21,32H,11-13,16H2,1-2H3,(H,30,35)(H,33,34). The molecule has 7 nitrogen and oxygen atoms in total. The van der Waals surface area contributed by atoms with E-state index in [-0.39, 0.29) is 24.9 Å². The summed E-state index contributed by atoms with van der Waals surface area (Å²) in [5, 5.41) is 15.9. The number of halogens is 2. The number of benzene rings is 2. The lowest BCUT2D eigenvalue weighted by atomic mass is 10.0. The molecule has 0 aliphatic rings. The van der Waals surface area contributed by atoms with Gasteiger partial charge in [0.1, 0.15) is 12.4 Å². The summed E-state index contributed by atoms with van der Waals surface area (Å²) in [4.78, 5) is 27.2. The van der Waals surface area contributed by atoms with Crippen LogP contribution in [0.3, 0.4) is 0 Å². The predicted molar refractivity (Wildman–Crippen MR) is 143 cm³/mol. The topological polar surface area (TPSA) is 101 Å². The zero-order valence-corrected chi connectivity index (χ0v) is 21.6. The Balaban J connectivity index is 1.58. The summed E-state index contributed by atoms with van der Waals surface area (Å²) < 4.78 is 6.02. The van der Waals surface area contributed by atoms with Crippen LogP contribution in [0.5, 0.6) is 5.75 Å². The van der Waals surface area contributed by atoms with Gasteiger partial charge in [0.2, 0.25) is 0 Å². The van der Waals surface area contributed by atoms with Crippen LogP contribution in [-0.2, 0) is 4.79 Å². The van der Waals surface area contributed by atoms with Crippen LogP contribution in [0.15, 0.2) is 60.8 Å². The van der Waals surface area contributed by atoms with Crippen LogP contribution in [0.1, 0.15) is 37.0 Å². The molecule has 0 radical (unpaired) electrons. The molecular formula is C27H29Cl2N3O4. The normalized spacial score (nSPS) is 11.7. The maximum absolute atomic E-state index is 12.1. The molecule has 0 aliphatic carbocycles. The summed E-state index contributed by atoms with van der Waals surface area (Å²) in [6.07, 6.45) is 2.43. The Hall–Kier alpha value is -3.29. The number of hydrogen-bond donors (Lipinski definition) is 3. The Labute approximate surface area is 220 Å². The average Bonchev–Trinajstić information content (AvgIpc) is 2.83. The van der Waals surface area contributed by atoms with Crippen molar-refractivity contribution in [1.82, 2.24) is 10.3 Å². The van der Waals surface area contributed by atoms with Crippen molar-refractivity contribution in [2.45, 2.75) is 32.7 Å². The molecule has 0 saturated carbocycles. The quantitative estimate of drug-likeness (QED) is 0.259. The number of nitrogens with zero attached hydrogens (tertiary/aromatic N) is 1. The lowest BCUT2D eigenvalue weighted by molar-refractivity contribution is -0.136. The Morgan fingerprint density at radius 1 is 1.06 bits per heavy atom. The highest BCUT2D eigenvalue weighted by atomic mass is 35.5. The fourth-order valence-electron chi connectivity index (χ4n) is 3.60. The van der Waals surface area contributed by atoms with Gasteiger partial charge < -0.3 is 20.5 Å². The molecule has 0 fully saturated rings. The molecule has 1 atom stereocenters. The Morgan fingerprint density at radius 3 is 2.42 bits per heavy atom. The van der Waals surface area contributed by atoms with Crippen LogP contribution in [0.2, 0.25) is 10.0 Å². The Kier molecular flexibility index (Phi) is 9.96. The molecule has 0 saturated heterocycles. The highest BCUT2D eigenvalue weighted by molar-refractivity contribution is 6.36. The molecule has 3 aromatic rings. The number of carboxylic acid groups (broad SMARTS) is 1. The number of aliphatic carboxylic acids is 1. The third-order valence-electron chi connectivity index (χ3n) is 5.29. The van der Waals surface area contributed by atoms with Crippen molar-refractivity contribution in [3.63, 3.8) is 0 Å². The molecule has 3 N–H and O–H groups in total. The largest absolute Gasteiger partial charge is 0.490 e. The molecular weight excluding hydrogens is 501 g/mol. The summed E-state index contributed by atoms with van der Waals surface area (Å²) in [7, 11) is 0. The monoisotopic (exact) mass is 529 g/mol. The number of nitrogens with one attached hydrogen (secondary N) is 2. The maximum atomic E-state index is 12.1. The summed E-state index contributed by atoms with van der Waals surface area (Å²) in [6.45, 7) is 4.81. The lowest BCUT2D eigenvalue weighted by Gasteiger charge is -2.22. The van der Waals surface area contributed by atoms with Crippen molar-refractivity contribution in [1.29, 1.82) is 0 Å². The van der Waals surface area contributed by atoms with E-state index in [2.05, 4.69) is 29.5 Å². The number of rotatable bonds is 12. The minimum atomic E-state index is -0.953. The number of carboxylic acids is 1. The SMILES string of the molecule is CC(C)CC(COc1ccc(-c2ccc(Cl)cc2Cl)nc1)Nc1ccc(C(=O)NCCC(=O)O)cc1. The van der Waals surface area contributed by atoms with Crippen LogP contribution in [0.25, 0.3) is 11.3 Å². The molecule has 0 spiro atoms. The van der Waals surface area contributed by atoms with E-state index < -0.39 is 5.97 Å². The first-order valence-corrected chi connectivity index (χ1v) is 12.4. The van der Waals surface area contributed by atoms with Gasteiger partial charge in [0.15, 0.2) is 0 Å². The summed E-state index contributed by atoms with van der Waals surface area (Å²) in [6, 6.07) is 16.1. The molecule has 1 heterocycles. The molecule has 190 valence electrons. The van der Waals surface area contributed by atoms with E-state index in [0.717, 1.165) is 23.4 Å². The second kappa shape index (κ2) is 13.1. The molecule has 1 aromatic heterocycles. The average molecular weight is 530 g/mol. The van der Waals surface area contributed by atoms with Crippen LogP contribution >= 0.6 is 23.2 Å². The van der Waals surface area contributed by atoms with Gasteiger partial charge in [0.05, 0.1) is 29.4 Å². The van der Waals surface area contributed by atoms with Crippen LogP contribution < -0.4 is 15.4 Å². The zero-order chi connectivity index (χ0) is 26.1. The van der Waals surface area contributed by atoms with Gasteiger partial charge in [-0.2, -0.15) is 0 Å². The van der Waals surface area contributed by atoms with Crippen LogP contribution in [0.4, 0.5) is 5.69 Å². The number of ether oxygens (including phenoxy) is 1. The molecule has 3 rings (SSSR count). The lowest BCUT2D eigenvalue weighted by Crippen LogP contribution is -2.29. The van der Waals surface area contributed by atoms with E-state index in [1.807, 2.05) is 30.3 Å².